The van der Waals surface area contributed by atoms with Gasteiger partial charge in [0.25, 0.3) is 0 Å². The Morgan fingerprint density at radius 2 is 2.11 bits per heavy atom. The molecule has 1 aromatic heterocycles. The lowest BCUT2D eigenvalue weighted by Crippen LogP contribution is -2.22. The maximum absolute atomic E-state index is 11.1. The summed E-state index contributed by atoms with van der Waals surface area (Å²) in [5.74, 6) is -0.164. The number of rotatable bonds is 7. The Balaban J connectivity index is 2.60. The highest BCUT2D eigenvalue weighted by atomic mass is 16.5. The van der Waals surface area contributed by atoms with Crippen molar-refractivity contribution < 1.29 is 9.53 Å². The molecule has 0 unspecified atom stereocenters. The molecule has 1 N–H and O–H groups in total. The van der Waals surface area contributed by atoms with Crippen molar-refractivity contribution in [2.75, 3.05) is 7.11 Å². The quantitative estimate of drug-likeness (QED) is 0.767. The molecule has 0 aliphatic rings. The van der Waals surface area contributed by atoms with Gasteiger partial charge >= 0.3 is 5.97 Å². The Kier molecular flexibility index (Phi) is 6.02. The van der Waals surface area contributed by atoms with E-state index in [9.17, 15) is 4.79 Å². The minimum absolute atomic E-state index is 0.164. The third-order valence-electron chi connectivity index (χ3n) is 3.20. The van der Waals surface area contributed by atoms with Crippen LogP contribution in [0.4, 0.5) is 0 Å². The molecule has 0 atom stereocenters. The first kappa shape index (κ1) is 15.7. The number of carbonyl (C=O) groups excluding carboxylic acids is 1. The highest BCUT2D eigenvalue weighted by Gasteiger charge is 2.11. The third-order valence-corrected chi connectivity index (χ3v) is 3.20. The molecule has 19 heavy (non-hydrogen) atoms. The molecule has 0 saturated carbocycles. The topological polar surface area (TPSA) is 56.2 Å². The molecule has 0 spiro atoms. The number of carbonyl (C=O) groups is 1. The Bertz CT molecular complexity index is 425. The summed E-state index contributed by atoms with van der Waals surface area (Å²) in [4.78, 5) is 11.1. The summed E-state index contributed by atoms with van der Waals surface area (Å²) in [7, 11) is 1.42. The second-order valence-electron chi connectivity index (χ2n) is 5.09. The predicted octanol–water partition coefficient (Wildman–Crippen LogP) is 1.95. The van der Waals surface area contributed by atoms with E-state index in [0.29, 0.717) is 12.5 Å². The number of hydrogen-bond acceptors (Lipinski definition) is 4. The Morgan fingerprint density at radius 3 is 2.68 bits per heavy atom. The van der Waals surface area contributed by atoms with Crippen molar-refractivity contribution in [2.45, 2.75) is 59.7 Å². The van der Waals surface area contributed by atoms with Crippen molar-refractivity contribution in [3.63, 3.8) is 0 Å². The molecule has 0 aliphatic carbocycles. The highest BCUT2D eigenvalue weighted by Crippen LogP contribution is 2.14. The predicted molar refractivity (Wildman–Crippen MR) is 74.9 cm³/mol. The van der Waals surface area contributed by atoms with Crippen molar-refractivity contribution in [3.8, 4) is 0 Å². The van der Waals surface area contributed by atoms with E-state index in [1.165, 1.54) is 18.4 Å². The second-order valence-corrected chi connectivity index (χ2v) is 5.09. The first-order chi connectivity index (χ1) is 8.95. The van der Waals surface area contributed by atoms with E-state index in [1.807, 2.05) is 11.6 Å². The van der Waals surface area contributed by atoms with Gasteiger partial charge in [-0.1, -0.05) is 13.8 Å². The SMILES string of the molecule is COC(=O)CCCn1nc(C)c(CNC(C)C)c1C. The number of esters is 1. The molecule has 5 nitrogen and oxygen atoms in total. The minimum Gasteiger partial charge on any atom is -0.469 e. The lowest BCUT2D eigenvalue weighted by molar-refractivity contribution is -0.140. The normalized spacial score (nSPS) is 11.1. The lowest BCUT2D eigenvalue weighted by atomic mass is 10.2. The number of methoxy groups -OCH3 is 1. The molecule has 1 aromatic rings. The van der Waals surface area contributed by atoms with Crippen LogP contribution in [0.25, 0.3) is 0 Å². The fourth-order valence-corrected chi connectivity index (χ4v) is 1.99. The largest absolute Gasteiger partial charge is 0.469 e. The third kappa shape index (κ3) is 4.67. The zero-order valence-electron chi connectivity index (χ0n) is 12.6. The van der Waals surface area contributed by atoms with Gasteiger partial charge in [0.15, 0.2) is 0 Å². The molecule has 1 heterocycles. The van der Waals surface area contributed by atoms with Crippen LogP contribution in [0.1, 0.15) is 43.6 Å². The Morgan fingerprint density at radius 1 is 1.42 bits per heavy atom. The molecular weight excluding hydrogens is 242 g/mol. The summed E-state index contributed by atoms with van der Waals surface area (Å²) in [5, 5.41) is 7.95. The van der Waals surface area contributed by atoms with Gasteiger partial charge in [-0.3, -0.25) is 9.48 Å². The Labute approximate surface area is 115 Å². The fourth-order valence-electron chi connectivity index (χ4n) is 1.99. The van der Waals surface area contributed by atoms with Crippen molar-refractivity contribution in [1.82, 2.24) is 15.1 Å². The van der Waals surface area contributed by atoms with Gasteiger partial charge in [0.05, 0.1) is 12.8 Å². The average Bonchev–Trinajstić information content (AvgIpc) is 2.62. The van der Waals surface area contributed by atoms with E-state index in [0.717, 1.165) is 25.2 Å². The number of aryl methyl sites for hydroxylation is 2. The van der Waals surface area contributed by atoms with E-state index >= 15 is 0 Å². The zero-order chi connectivity index (χ0) is 14.4. The van der Waals surface area contributed by atoms with Crippen LogP contribution in [0, 0.1) is 13.8 Å². The molecule has 0 saturated heterocycles. The molecule has 5 heteroatoms. The van der Waals surface area contributed by atoms with Gasteiger partial charge < -0.3 is 10.1 Å². The van der Waals surface area contributed by atoms with Gasteiger partial charge in [0.2, 0.25) is 0 Å². The van der Waals surface area contributed by atoms with Crippen LogP contribution in [0.15, 0.2) is 0 Å². The Hall–Kier alpha value is -1.36. The lowest BCUT2D eigenvalue weighted by Gasteiger charge is -2.09. The number of hydrogen-bond donors (Lipinski definition) is 1. The number of nitrogens with zero attached hydrogens (tertiary/aromatic N) is 2. The maximum atomic E-state index is 11.1. The zero-order valence-corrected chi connectivity index (χ0v) is 12.6. The van der Waals surface area contributed by atoms with Crippen molar-refractivity contribution >= 4 is 5.97 Å². The summed E-state index contributed by atoms with van der Waals surface area (Å²) in [5.41, 5.74) is 3.49. The monoisotopic (exact) mass is 267 g/mol. The molecule has 0 fully saturated rings. The molecule has 0 aromatic carbocycles. The average molecular weight is 267 g/mol. The van der Waals surface area contributed by atoms with E-state index in [1.54, 1.807) is 0 Å². The molecule has 0 radical (unpaired) electrons. The van der Waals surface area contributed by atoms with E-state index in [4.69, 9.17) is 0 Å². The minimum atomic E-state index is -0.164. The van der Waals surface area contributed by atoms with Gasteiger partial charge in [0.1, 0.15) is 0 Å². The molecule has 108 valence electrons. The highest BCUT2D eigenvalue weighted by molar-refractivity contribution is 5.68. The van der Waals surface area contributed by atoms with Crippen LogP contribution >= 0.6 is 0 Å². The molecule has 0 aliphatic heterocycles. The number of aromatic nitrogens is 2. The first-order valence-corrected chi connectivity index (χ1v) is 6.78. The maximum Gasteiger partial charge on any atom is 0.305 e. The van der Waals surface area contributed by atoms with Gasteiger partial charge in [-0.15, -0.1) is 0 Å². The van der Waals surface area contributed by atoms with Crippen LogP contribution in [0.2, 0.25) is 0 Å². The summed E-state index contributed by atoms with van der Waals surface area (Å²) in [6.45, 7) is 9.96. The molecular formula is C14H25N3O2. The van der Waals surface area contributed by atoms with Crippen LogP contribution in [-0.2, 0) is 22.6 Å². The smallest absolute Gasteiger partial charge is 0.305 e. The van der Waals surface area contributed by atoms with Crippen LogP contribution < -0.4 is 5.32 Å². The summed E-state index contributed by atoms with van der Waals surface area (Å²) < 4.78 is 6.62. The number of ether oxygens (including phenoxy) is 1. The van der Waals surface area contributed by atoms with Crippen LogP contribution in [0.5, 0.6) is 0 Å². The number of nitrogens with one attached hydrogen (secondary N) is 1. The summed E-state index contributed by atoms with van der Waals surface area (Å²) in [6.07, 6.45) is 1.19. The van der Waals surface area contributed by atoms with Crippen molar-refractivity contribution in [3.05, 3.63) is 17.0 Å². The van der Waals surface area contributed by atoms with Gasteiger partial charge in [-0.25, -0.2) is 0 Å². The molecule has 1 rings (SSSR count). The first-order valence-electron chi connectivity index (χ1n) is 6.78. The van der Waals surface area contributed by atoms with E-state index in [-0.39, 0.29) is 5.97 Å². The van der Waals surface area contributed by atoms with E-state index < -0.39 is 0 Å². The van der Waals surface area contributed by atoms with E-state index in [2.05, 4.69) is 35.9 Å². The van der Waals surface area contributed by atoms with Crippen LogP contribution in [0.3, 0.4) is 0 Å². The van der Waals surface area contributed by atoms with Crippen LogP contribution in [-0.4, -0.2) is 28.9 Å². The van der Waals surface area contributed by atoms with Crippen molar-refractivity contribution in [1.29, 1.82) is 0 Å². The molecule has 0 bridgehead atoms. The van der Waals surface area contributed by atoms with Crippen molar-refractivity contribution in [2.24, 2.45) is 0 Å². The van der Waals surface area contributed by atoms with Gasteiger partial charge in [0, 0.05) is 36.8 Å². The summed E-state index contributed by atoms with van der Waals surface area (Å²) >= 11 is 0. The van der Waals surface area contributed by atoms with Gasteiger partial charge in [-0.05, 0) is 20.3 Å². The molecule has 0 amide bonds. The summed E-state index contributed by atoms with van der Waals surface area (Å²) in [6, 6.07) is 0.460. The fraction of sp³-hybridized carbons (Fsp3) is 0.714. The second kappa shape index (κ2) is 7.28. The van der Waals surface area contributed by atoms with Gasteiger partial charge in [-0.2, -0.15) is 5.10 Å². The standard InChI is InChI=1S/C14H25N3O2/c1-10(2)15-9-13-11(3)16-17(12(13)4)8-6-7-14(18)19-5/h10,15H,6-9H2,1-5H3.